The summed E-state index contributed by atoms with van der Waals surface area (Å²) < 4.78 is 5.56. The molecule has 26 heavy (non-hydrogen) atoms. The lowest BCUT2D eigenvalue weighted by Crippen LogP contribution is -2.44. The molecule has 3 rings (SSSR count). The number of aromatic nitrogens is 2. The van der Waals surface area contributed by atoms with E-state index in [1.807, 2.05) is 44.2 Å². The molecule has 0 saturated carbocycles. The third-order valence-corrected chi connectivity index (χ3v) is 4.55. The van der Waals surface area contributed by atoms with Crippen LogP contribution in [0.2, 0.25) is 0 Å². The van der Waals surface area contributed by atoms with Crippen LogP contribution in [-0.4, -0.2) is 47.6 Å². The van der Waals surface area contributed by atoms with Gasteiger partial charge in [0.15, 0.2) is 5.82 Å². The lowest BCUT2D eigenvalue weighted by atomic mass is 10.1. The normalized spacial score (nSPS) is 19.5. The lowest BCUT2D eigenvalue weighted by molar-refractivity contribution is -0.122. The van der Waals surface area contributed by atoms with Crippen LogP contribution in [-0.2, 0) is 4.79 Å². The molecule has 0 radical (unpaired) electrons. The molecular weight excluding hydrogens is 330 g/mol. The van der Waals surface area contributed by atoms with E-state index in [0.29, 0.717) is 18.1 Å². The number of nitrogens with zero attached hydrogens (tertiary/aromatic N) is 3. The summed E-state index contributed by atoms with van der Waals surface area (Å²) >= 11 is 0. The van der Waals surface area contributed by atoms with E-state index < -0.39 is 6.04 Å². The van der Waals surface area contributed by atoms with Crippen LogP contribution in [0.3, 0.4) is 0 Å². The molecule has 1 aromatic heterocycles. The van der Waals surface area contributed by atoms with E-state index in [9.17, 15) is 4.79 Å². The van der Waals surface area contributed by atoms with Crippen LogP contribution in [0.15, 0.2) is 34.9 Å². The molecule has 140 valence electrons. The molecule has 1 amide bonds. The number of piperazine rings is 1. The number of benzene rings is 1. The minimum Gasteiger partial charge on any atom is -0.341 e. The fourth-order valence-corrected chi connectivity index (χ4v) is 3.12. The zero-order valence-electron chi connectivity index (χ0n) is 15.6. The molecular formula is C19H27N5O2. The van der Waals surface area contributed by atoms with Crippen LogP contribution in [0.4, 0.5) is 0 Å². The Morgan fingerprint density at radius 2 is 2.15 bits per heavy atom. The van der Waals surface area contributed by atoms with Gasteiger partial charge in [0.25, 0.3) is 5.89 Å². The second kappa shape index (κ2) is 8.42. The number of likely N-dealkylation sites (N-methyl/N-ethyl adjacent to an activating group) is 1. The van der Waals surface area contributed by atoms with Gasteiger partial charge in [0, 0.05) is 26.1 Å². The average molecular weight is 357 g/mol. The monoisotopic (exact) mass is 357 g/mol. The minimum atomic E-state index is -0.439. The van der Waals surface area contributed by atoms with Gasteiger partial charge < -0.3 is 15.2 Å². The Morgan fingerprint density at radius 1 is 1.38 bits per heavy atom. The summed E-state index contributed by atoms with van der Waals surface area (Å²) in [6.45, 7) is 6.71. The van der Waals surface area contributed by atoms with Gasteiger partial charge in [0.2, 0.25) is 5.91 Å². The zero-order chi connectivity index (χ0) is 18.5. The van der Waals surface area contributed by atoms with Crippen LogP contribution in [0.1, 0.15) is 49.6 Å². The summed E-state index contributed by atoms with van der Waals surface area (Å²) in [5, 5.41) is 10.6. The van der Waals surface area contributed by atoms with Crippen molar-refractivity contribution in [2.75, 3.05) is 26.7 Å². The number of hydrogen-bond acceptors (Lipinski definition) is 6. The van der Waals surface area contributed by atoms with Crippen molar-refractivity contribution in [2.45, 2.75) is 32.4 Å². The van der Waals surface area contributed by atoms with Crippen molar-refractivity contribution in [1.82, 2.24) is 25.7 Å². The van der Waals surface area contributed by atoms with Crippen LogP contribution in [0, 0.1) is 5.92 Å². The number of carbonyl (C=O) groups is 1. The molecule has 2 atom stereocenters. The molecule has 1 aliphatic heterocycles. The summed E-state index contributed by atoms with van der Waals surface area (Å²) in [6.07, 6.45) is 0.458. The van der Waals surface area contributed by atoms with E-state index in [4.69, 9.17) is 4.52 Å². The molecule has 2 heterocycles. The molecule has 2 aromatic rings. The zero-order valence-corrected chi connectivity index (χ0v) is 15.6. The largest absolute Gasteiger partial charge is 0.341 e. The standard InChI is InChI=1S/C19H27N5O2/c1-13(2)11-16(25)21-17(14-7-5-4-6-8-14)19-22-18(23-26-19)15-12-20-9-10-24(15)3/h4-8,13,15,17,20H,9-12H2,1-3H3,(H,21,25). The van der Waals surface area contributed by atoms with E-state index in [1.165, 1.54) is 0 Å². The van der Waals surface area contributed by atoms with E-state index >= 15 is 0 Å². The molecule has 0 bridgehead atoms. The molecule has 0 aliphatic carbocycles. The highest BCUT2D eigenvalue weighted by Gasteiger charge is 2.28. The smallest absolute Gasteiger partial charge is 0.253 e. The first kappa shape index (κ1) is 18.5. The van der Waals surface area contributed by atoms with Gasteiger partial charge in [-0.3, -0.25) is 9.69 Å². The molecule has 2 N–H and O–H groups in total. The summed E-state index contributed by atoms with van der Waals surface area (Å²) in [5.74, 6) is 1.33. The molecule has 7 nitrogen and oxygen atoms in total. The molecule has 2 unspecified atom stereocenters. The number of rotatable bonds is 6. The molecule has 7 heteroatoms. The summed E-state index contributed by atoms with van der Waals surface area (Å²) in [6, 6.07) is 9.37. The summed E-state index contributed by atoms with van der Waals surface area (Å²) in [7, 11) is 2.06. The predicted octanol–water partition coefficient (Wildman–Crippen LogP) is 1.90. The van der Waals surface area contributed by atoms with Crippen LogP contribution >= 0.6 is 0 Å². The van der Waals surface area contributed by atoms with Crippen LogP contribution < -0.4 is 10.6 Å². The van der Waals surface area contributed by atoms with Gasteiger partial charge in [0.1, 0.15) is 6.04 Å². The Morgan fingerprint density at radius 3 is 2.85 bits per heavy atom. The Bertz CT molecular complexity index is 716. The third kappa shape index (κ3) is 4.47. The first-order chi connectivity index (χ1) is 12.5. The van der Waals surface area contributed by atoms with Gasteiger partial charge in [0.05, 0.1) is 6.04 Å². The number of carbonyl (C=O) groups excluding carboxylic acids is 1. The van der Waals surface area contributed by atoms with Crippen molar-refractivity contribution in [3.05, 3.63) is 47.6 Å². The number of amides is 1. The van der Waals surface area contributed by atoms with Gasteiger partial charge in [-0.05, 0) is 18.5 Å². The van der Waals surface area contributed by atoms with Gasteiger partial charge >= 0.3 is 0 Å². The maximum atomic E-state index is 12.4. The van der Waals surface area contributed by atoms with Crippen molar-refractivity contribution in [3.63, 3.8) is 0 Å². The highest BCUT2D eigenvalue weighted by Crippen LogP contribution is 2.24. The third-order valence-electron chi connectivity index (χ3n) is 4.55. The van der Waals surface area contributed by atoms with Gasteiger partial charge in [-0.1, -0.05) is 49.3 Å². The van der Waals surface area contributed by atoms with Crippen molar-refractivity contribution < 1.29 is 9.32 Å². The second-order valence-electron chi connectivity index (χ2n) is 7.20. The topological polar surface area (TPSA) is 83.3 Å². The quantitative estimate of drug-likeness (QED) is 0.822. The van der Waals surface area contributed by atoms with Crippen molar-refractivity contribution >= 4 is 5.91 Å². The van der Waals surface area contributed by atoms with E-state index in [2.05, 4.69) is 32.7 Å². The summed E-state index contributed by atoms with van der Waals surface area (Å²) in [4.78, 5) is 19.2. The fourth-order valence-electron chi connectivity index (χ4n) is 3.12. The first-order valence-corrected chi connectivity index (χ1v) is 9.13. The SMILES string of the molecule is CC(C)CC(=O)NC(c1ccccc1)c1nc(C2CNCCN2C)no1. The Balaban J connectivity index is 1.84. The summed E-state index contributed by atoms with van der Waals surface area (Å²) in [5.41, 5.74) is 0.926. The van der Waals surface area contributed by atoms with E-state index in [-0.39, 0.29) is 17.9 Å². The number of hydrogen-bond donors (Lipinski definition) is 2. The van der Waals surface area contributed by atoms with Crippen molar-refractivity contribution in [1.29, 1.82) is 0 Å². The highest BCUT2D eigenvalue weighted by atomic mass is 16.5. The highest BCUT2D eigenvalue weighted by molar-refractivity contribution is 5.77. The first-order valence-electron chi connectivity index (χ1n) is 9.13. The second-order valence-corrected chi connectivity index (χ2v) is 7.20. The minimum absolute atomic E-state index is 0.0231. The molecule has 1 aromatic carbocycles. The maximum Gasteiger partial charge on any atom is 0.253 e. The molecule has 0 spiro atoms. The number of nitrogens with one attached hydrogen (secondary N) is 2. The van der Waals surface area contributed by atoms with Crippen LogP contribution in [0.5, 0.6) is 0 Å². The van der Waals surface area contributed by atoms with Crippen LogP contribution in [0.25, 0.3) is 0 Å². The van der Waals surface area contributed by atoms with Gasteiger partial charge in [-0.25, -0.2) is 0 Å². The Hall–Kier alpha value is -2.25. The molecule has 1 fully saturated rings. The predicted molar refractivity (Wildman–Crippen MR) is 98.4 cm³/mol. The Labute approximate surface area is 154 Å². The van der Waals surface area contributed by atoms with Gasteiger partial charge in [-0.15, -0.1) is 0 Å². The Kier molecular flexibility index (Phi) is 6.00. The molecule has 1 saturated heterocycles. The van der Waals surface area contributed by atoms with Crippen molar-refractivity contribution in [3.8, 4) is 0 Å². The van der Waals surface area contributed by atoms with Gasteiger partial charge in [-0.2, -0.15) is 4.98 Å². The average Bonchev–Trinajstić information content (AvgIpc) is 3.10. The molecule has 1 aliphatic rings. The fraction of sp³-hybridized carbons (Fsp3) is 0.526. The maximum absolute atomic E-state index is 12.4. The van der Waals surface area contributed by atoms with E-state index in [0.717, 1.165) is 25.2 Å². The lowest BCUT2D eigenvalue weighted by Gasteiger charge is -2.30. The van der Waals surface area contributed by atoms with Crippen molar-refractivity contribution in [2.24, 2.45) is 5.92 Å². The van der Waals surface area contributed by atoms with E-state index in [1.54, 1.807) is 0 Å².